The van der Waals surface area contributed by atoms with Gasteiger partial charge in [-0.05, 0) is 37.3 Å². The van der Waals surface area contributed by atoms with Gasteiger partial charge in [0, 0.05) is 5.56 Å². The highest BCUT2D eigenvalue weighted by Crippen LogP contribution is 2.36. The molecule has 0 aliphatic carbocycles. The summed E-state index contributed by atoms with van der Waals surface area (Å²) in [5, 5.41) is 10.5. The van der Waals surface area contributed by atoms with Crippen LogP contribution in [0.4, 0.5) is 0 Å². The normalized spacial score (nSPS) is 18.5. The smallest absolute Gasteiger partial charge is 0.231 e. The minimum absolute atomic E-state index is 0.0447. The minimum Gasteiger partial charge on any atom is -0.507 e. The highest BCUT2D eigenvalue weighted by Gasteiger charge is 2.31. The number of hydrogen-bond donors (Lipinski definition) is 2. The number of ether oxygens (including phenoxy) is 3. The van der Waals surface area contributed by atoms with Gasteiger partial charge in [-0.25, -0.2) is 0 Å². The lowest BCUT2D eigenvalue weighted by Gasteiger charge is -2.32. The van der Waals surface area contributed by atoms with Crippen molar-refractivity contribution in [3.63, 3.8) is 0 Å². The maximum absolute atomic E-state index is 10.5. The molecule has 0 bridgehead atoms. The average molecular weight is 328 g/mol. The maximum Gasteiger partial charge on any atom is 0.231 e. The number of phenolic OH excluding ortho intramolecular Hbond substituents is 1. The molecule has 126 valence electrons. The van der Waals surface area contributed by atoms with Gasteiger partial charge in [-0.3, -0.25) is 0 Å². The lowest BCUT2D eigenvalue weighted by atomic mass is 9.94. The van der Waals surface area contributed by atoms with Crippen LogP contribution in [0.1, 0.15) is 22.7 Å². The van der Waals surface area contributed by atoms with Crippen LogP contribution in [0.15, 0.2) is 36.4 Å². The fraction of sp³-hybridized carbons (Fsp3) is 0.368. The van der Waals surface area contributed by atoms with Gasteiger partial charge < -0.3 is 24.2 Å². The average Bonchev–Trinajstić information content (AvgIpc) is 3.07. The SMILES string of the molecule is Cc1ccc(O)c([C@@H](c2ccc3c(c2)OCO3)[NH+]2CCOCC2)c1. The van der Waals surface area contributed by atoms with E-state index in [0.717, 1.165) is 54.5 Å². The minimum atomic E-state index is 0.0447. The van der Waals surface area contributed by atoms with Gasteiger partial charge in [0.15, 0.2) is 11.5 Å². The van der Waals surface area contributed by atoms with Crippen molar-refractivity contribution in [1.82, 2.24) is 0 Å². The van der Waals surface area contributed by atoms with Crippen LogP contribution < -0.4 is 14.4 Å². The molecule has 2 N–H and O–H groups in total. The molecule has 1 fully saturated rings. The molecule has 5 heteroatoms. The summed E-state index contributed by atoms with van der Waals surface area (Å²) in [5.41, 5.74) is 3.21. The first-order valence-corrected chi connectivity index (χ1v) is 8.34. The van der Waals surface area contributed by atoms with E-state index in [-0.39, 0.29) is 12.8 Å². The zero-order valence-corrected chi connectivity index (χ0v) is 13.7. The first kappa shape index (κ1) is 15.3. The monoisotopic (exact) mass is 328 g/mol. The predicted octanol–water partition coefficient (Wildman–Crippen LogP) is 1.43. The Kier molecular flexibility index (Phi) is 4.04. The summed E-state index contributed by atoms with van der Waals surface area (Å²) in [6.45, 7) is 5.61. The van der Waals surface area contributed by atoms with Gasteiger partial charge in [0.05, 0.1) is 18.8 Å². The second-order valence-electron chi connectivity index (χ2n) is 6.38. The molecule has 2 aliphatic heterocycles. The summed E-state index contributed by atoms with van der Waals surface area (Å²) in [7, 11) is 0. The summed E-state index contributed by atoms with van der Waals surface area (Å²) in [6.07, 6.45) is 0. The molecule has 2 aromatic carbocycles. The molecule has 1 saturated heterocycles. The third-order valence-electron chi connectivity index (χ3n) is 4.77. The van der Waals surface area contributed by atoms with Crippen molar-refractivity contribution < 1.29 is 24.2 Å². The van der Waals surface area contributed by atoms with Crippen LogP contribution >= 0.6 is 0 Å². The Morgan fingerprint density at radius 2 is 1.79 bits per heavy atom. The van der Waals surface area contributed by atoms with Crippen LogP contribution in [0.25, 0.3) is 0 Å². The number of benzene rings is 2. The molecule has 0 saturated carbocycles. The molecule has 0 unspecified atom stereocenters. The van der Waals surface area contributed by atoms with Gasteiger partial charge in [0.1, 0.15) is 24.9 Å². The van der Waals surface area contributed by atoms with Crippen LogP contribution in [-0.4, -0.2) is 38.2 Å². The summed E-state index contributed by atoms with van der Waals surface area (Å²) in [5.74, 6) is 1.89. The second-order valence-corrected chi connectivity index (χ2v) is 6.38. The molecule has 0 aromatic heterocycles. The second kappa shape index (κ2) is 6.34. The van der Waals surface area contributed by atoms with Gasteiger partial charge in [-0.1, -0.05) is 11.6 Å². The molecule has 5 nitrogen and oxygen atoms in total. The number of rotatable bonds is 3. The lowest BCUT2D eigenvalue weighted by Crippen LogP contribution is -3.14. The molecular weight excluding hydrogens is 306 g/mol. The number of nitrogens with one attached hydrogen (secondary N) is 1. The Balaban J connectivity index is 1.79. The van der Waals surface area contributed by atoms with E-state index in [2.05, 4.69) is 12.1 Å². The van der Waals surface area contributed by atoms with Gasteiger partial charge in [-0.15, -0.1) is 0 Å². The lowest BCUT2D eigenvalue weighted by molar-refractivity contribution is -0.933. The van der Waals surface area contributed by atoms with Crippen molar-refractivity contribution in [2.75, 3.05) is 33.1 Å². The first-order chi connectivity index (χ1) is 11.7. The molecule has 2 aromatic rings. The standard InChI is InChI=1S/C19H21NO4/c1-13-2-4-16(21)15(10-13)19(20-6-8-22-9-7-20)14-3-5-17-18(11-14)24-12-23-17/h2-5,10-11,19,21H,6-9,12H2,1H3/p+1/t19-/m1/s1. The van der Waals surface area contributed by atoms with Gasteiger partial charge in [-0.2, -0.15) is 0 Å². The third-order valence-corrected chi connectivity index (χ3v) is 4.77. The van der Waals surface area contributed by atoms with Crippen LogP contribution in [0.3, 0.4) is 0 Å². The molecule has 0 radical (unpaired) electrons. The molecule has 1 atom stereocenters. The Morgan fingerprint density at radius 3 is 2.62 bits per heavy atom. The molecule has 24 heavy (non-hydrogen) atoms. The van der Waals surface area contributed by atoms with E-state index in [1.165, 1.54) is 4.90 Å². The molecule has 0 amide bonds. The summed E-state index contributed by atoms with van der Waals surface area (Å²) in [6, 6.07) is 11.9. The molecule has 2 aliphatic rings. The summed E-state index contributed by atoms with van der Waals surface area (Å²) < 4.78 is 16.5. The van der Waals surface area contributed by atoms with Crippen LogP contribution in [-0.2, 0) is 4.74 Å². The number of morpholine rings is 1. The van der Waals surface area contributed by atoms with E-state index in [4.69, 9.17) is 14.2 Å². The highest BCUT2D eigenvalue weighted by molar-refractivity contribution is 5.48. The van der Waals surface area contributed by atoms with Gasteiger partial charge >= 0.3 is 0 Å². The number of aryl methyl sites for hydroxylation is 1. The zero-order valence-electron chi connectivity index (χ0n) is 13.7. The number of fused-ring (bicyclic) bond motifs is 1. The topological polar surface area (TPSA) is 52.4 Å². The molecule has 0 spiro atoms. The van der Waals surface area contributed by atoms with Crippen LogP contribution in [0.2, 0.25) is 0 Å². The fourth-order valence-electron chi connectivity index (χ4n) is 3.56. The van der Waals surface area contributed by atoms with Crippen molar-refractivity contribution in [2.45, 2.75) is 13.0 Å². The van der Waals surface area contributed by atoms with Crippen molar-refractivity contribution in [1.29, 1.82) is 0 Å². The Labute approximate surface area is 141 Å². The number of quaternary nitrogens is 1. The van der Waals surface area contributed by atoms with E-state index in [0.29, 0.717) is 5.75 Å². The molecule has 2 heterocycles. The number of phenols is 1. The highest BCUT2D eigenvalue weighted by atomic mass is 16.7. The summed E-state index contributed by atoms with van der Waals surface area (Å²) >= 11 is 0. The number of aromatic hydroxyl groups is 1. The largest absolute Gasteiger partial charge is 0.507 e. The molecular formula is C19H22NO4+. The van der Waals surface area contributed by atoms with E-state index >= 15 is 0 Å². The Hall–Kier alpha value is -2.24. The summed E-state index contributed by atoms with van der Waals surface area (Å²) in [4.78, 5) is 1.39. The van der Waals surface area contributed by atoms with E-state index < -0.39 is 0 Å². The van der Waals surface area contributed by atoms with Crippen LogP contribution in [0.5, 0.6) is 17.2 Å². The zero-order chi connectivity index (χ0) is 16.5. The quantitative estimate of drug-likeness (QED) is 0.895. The van der Waals surface area contributed by atoms with Crippen molar-refractivity contribution >= 4 is 0 Å². The van der Waals surface area contributed by atoms with Crippen LogP contribution in [0, 0.1) is 6.92 Å². The fourth-order valence-corrected chi connectivity index (χ4v) is 3.56. The Bertz CT molecular complexity index is 740. The van der Waals surface area contributed by atoms with Crippen molar-refractivity contribution in [2.24, 2.45) is 0 Å². The first-order valence-electron chi connectivity index (χ1n) is 8.34. The third kappa shape index (κ3) is 2.81. The van der Waals surface area contributed by atoms with Crippen molar-refractivity contribution in [3.05, 3.63) is 53.1 Å². The maximum atomic E-state index is 10.5. The van der Waals surface area contributed by atoms with Gasteiger partial charge in [0.25, 0.3) is 0 Å². The Morgan fingerprint density at radius 1 is 1.00 bits per heavy atom. The van der Waals surface area contributed by atoms with Crippen molar-refractivity contribution in [3.8, 4) is 17.2 Å². The van der Waals surface area contributed by atoms with Gasteiger partial charge in [0.2, 0.25) is 6.79 Å². The van der Waals surface area contributed by atoms with E-state index in [1.807, 2.05) is 25.1 Å². The predicted molar refractivity (Wildman–Crippen MR) is 88.8 cm³/mol. The number of hydrogen-bond acceptors (Lipinski definition) is 4. The van der Waals surface area contributed by atoms with E-state index in [1.54, 1.807) is 6.07 Å². The van der Waals surface area contributed by atoms with E-state index in [9.17, 15) is 5.11 Å². The molecule has 4 rings (SSSR count).